The van der Waals surface area contributed by atoms with Crippen LogP contribution in [0.5, 0.6) is 0 Å². The molecule has 1 aromatic heterocycles. The maximum atomic E-state index is 12.6. The van der Waals surface area contributed by atoms with Gasteiger partial charge in [0, 0.05) is 17.6 Å². The molecule has 4 rings (SSSR count). The van der Waals surface area contributed by atoms with Gasteiger partial charge in [-0.1, -0.05) is 54.1 Å². The molecule has 0 bridgehead atoms. The number of carbonyl (C=O) groups is 1. The normalized spacial score (nSPS) is 10.7. The number of aromatic nitrogens is 2. The number of aromatic amines is 1. The number of nitrogens with one attached hydrogen (secondary N) is 3. The Morgan fingerprint density at radius 2 is 1.89 bits per heavy atom. The van der Waals surface area contributed by atoms with E-state index in [2.05, 4.69) is 20.8 Å². The van der Waals surface area contributed by atoms with Crippen molar-refractivity contribution in [2.24, 2.45) is 0 Å². The number of hydrogen-bond donors (Lipinski definition) is 3. The van der Waals surface area contributed by atoms with Gasteiger partial charge in [0.2, 0.25) is 0 Å². The van der Waals surface area contributed by atoms with E-state index in [1.807, 2.05) is 54.6 Å². The molecule has 1 amide bonds. The van der Waals surface area contributed by atoms with Gasteiger partial charge in [0.15, 0.2) is 0 Å². The number of H-pyrrole nitrogens is 1. The average molecular weight is 377 g/mol. The summed E-state index contributed by atoms with van der Waals surface area (Å²) in [6.45, 7) is 0.675. The van der Waals surface area contributed by atoms with Crippen LogP contribution >= 0.6 is 11.6 Å². The molecule has 4 aromatic rings. The third-order valence-corrected chi connectivity index (χ3v) is 4.59. The standard InChI is InChI=1S/C21H17ClN4O/c22-18-11-16(9-10-19(18)23-12-14-5-2-1-3-6-14)25-21(27)17-8-4-7-15-13-24-26-20(15)17/h1-11,13,23H,12H2,(H,24,26)(H,25,27). The average Bonchev–Trinajstić information content (AvgIpc) is 3.17. The molecule has 5 nitrogen and oxygen atoms in total. The molecule has 1 heterocycles. The van der Waals surface area contributed by atoms with Crippen molar-refractivity contribution in [3.8, 4) is 0 Å². The molecule has 0 unspecified atom stereocenters. The quantitative estimate of drug-likeness (QED) is 0.455. The molecule has 0 atom stereocenters. The molecular weight excluding hydrogens is 360 g/mol. The number of benzene rings is 3. The summed E-state index contributed by atoms with van der Waals surface area (Å²) in [4.78, 5) is 12.6. The summed E-state index contributed by atoms with van der Waals surface area (Å²) in [5.74, 6) is -0.217. The number of hydrogen-bond acceptors (Lipinski definition) is 3. The zero-order valence-corrected chi connectivity index (χ0v) is 15.1. The van der Waals surface area contributed by atoms with Gasteiger partial charge >= 0.3 is 0 Å². The summed E-state index contributed by atoms with van der Waals surface area (Å²) in [5, 5.41) is 14.5. The first-order chi connectivity index (χ1) is 13.2. The molecule has 0 aliphatic rings. The molecule has 0 radical (unpaired) electrons. The first-order valence-corrected chi connectivity index (χ1v) is 8.89. The zero-order valence-electron chi connectivity index (χ0n) is 14.4. The van der Waals surface area contributed by atoms with Crippen LogP contribution < -0.4 is 10.6 Å². The molecule has 6 heteroatoms. The second kappa shape index (κ2) is 7.51. The number of para-hydroxylation sites is 1. The monoisotopic (exact) mass is 376 g/mol. The van der Waals surface area contributed by atoms with Gasteiger partial charge in [-0.2, -0.15) is 5.10 Å². The number of amides is 1. The summed E-state index contributed by atoms with van der Waals surface area (Å²) in [5.41, 5.74) is 3.86. The van der Waals surface area contributed by atoms with Gasteiger partial charge in [-0.05, 0) is 29.8 Å². The summed E-state index contributed by atoms with van der Waals surface area (Å²) in [6, 6.07) is 21.0. The van der Waals surface area contributed by atoms with Crippen molar-refractivity contribution >= 4 is 39.8 Å². The molecule has 0 spiro atoms. The van der Waals surface area contributed by atoms with Crippen LogP contribution in [0.4, 0.5) is 11.4 Å². The van der Waals surface area contributed by atoms with Crippen LogP contribution in [0.3, 0.4) is 0 Å². The Balaban J connectivity index is 1.47. The van der Waals surface area contributed by atoms with Gasteiger partial charge in [-0.15, -0.1) is 0 Å². The zero-order chi connectivity index (χ0) is 18.6. The number of nitrogens with zero attached hydrogens (tertiary/aromatic N) is 1. The Hall–Kier alpha value is -3.31. The third kappa shape index (κ3) is 3.78. The number of halogens is 1. The predicted octanol–water partition coefficient (Wildman–Crippen LogP) is 5.08. The van der Waals surface area contributed by atoms with Gasteiger partial charge in [0.1, 0.15) is 0 Å². The largest absolute Gasteiger partial charge is 0.380 e. The molecule has 134 valence electrons. The number of rotatable bonds is 5. The molecule has 3 N–H and O–H groups in total. The molecule has 0 saturated heterocycles. The van der Waals surface area contributed by atoms with E-state index in [0.717, 1.165) is 11.1 Å². The van der Waals surface area contributed by atoms with Crippen molar-refractivity contribution in [1.29, 1.82) is 0 Å². The van der Waals surface area contributed by atoms with E-state index in [1.165, 1.54) is 5.56 Å². The molecule has 3 aromatic carbocycles. The van der Waals surface area contributed by atoms with E-state index in [-0.39, 0.29) is 5.91 Å². The lowest BCUT2D eigenvalue weighted by Gasteiger charge is -2.11. The Morgan fingerprint density at radius 1 is 1.04 bits per heavy atom. The Morgan fingerprint density at radius 3 is 2.70 bits per heavy atom. The van der Waals surface area contributed by atoms with E-state index < -0.39 is 0 Å². The fourth-order valence-corrected chi connectivity index (χ4v) is 3.13. The molecular formula is C21H17ClN4O. The van der Waals surface area contributed by atoms with Gasteiger partial charge < -0.3 is 10.6 Å². The molecule has 27 heavy (non-hydrogen) atoms. The first-order valence-electron chi connectivity index (χ1n) is 8.51. The molecule has 0 aliphatic heterocycles. The highest BCUT2D eigenvalue weighted by atomic mass is 35.5. The highest BCUT2D eigenvalue weighted by Crippen LogP contribution is 2.27. The van der Waals surface area contributed by atoms with Crippen LogP contribution in [0.25, 0.3) is 10.9 Å². The van der Waals surface area contributed by atoms with Gasteiger partial charge in [0.05, 0.1) is 28.0 Å². The van der Waals surface area contributed by atoms with Crippen molar-refractivity contribution in [2.75, 3.05) is 10.6 Å². The van der Waals surface area contributed by atoms with E-state index in [4.69, 9.17) is 11.6 Å². The van der Waals surface area contributed by atoms with E-state index in [9.17, 15) is 4.79 Å². The van der Waals surface area contributed by atoms with Gasteiger partial charge in [-0.25, -0.2) is 0 Å². The Bertz CT molecular complexity index is 1090. The first kappa shape index (κ1) is 17.1. The highest BCUT2D eigenvalue weighted by Gasteiger charge is 2.12. The third-order valence-electron chi connectivity index (χ3n) is 4.27. The minimum Gasteiger partial charge on any atom is -0.380 e. The molecule has 0 saturated carbocycles. The number of carbonyl (C=O) groups excluding carboxylic acids is 1. The van der Waals surface area contributed by atoms with Gasteiger partial charge in [-0.3, -0.25) is 9.89 Å². The van der Waals surface area contributed by atoms with Crippen molar-refractivity contribution in [3.63, 3.8) is 0 Å². The second-order valence-electron chi connectivity index (χ2n) is 6.13. The summed E-state index contributed by atoms with van der Waals surface area (Å²) >= 11 is 6.37. The van der Waals surface area contributed by atoms with Crippen molar-refractivity contribution in [3.05, 3.63) is 89.1 Å². The maximum absolute atomic E-state index is 12.6. The van der Waals surface area contributed by atoms with Crippen molar-refractivity contribution in [2.45, 2.75) is 6.54 Å². The van der Waals surface area contributed by atoms with Crippen molar-refractivity contribution < 1.29 is 4.79 Å². The van der Waals surface area contributed by atoms with Crippen LogP contribution in [0, 0.1) is 0 Å². The fraction of sp³-hybridized carbons (Fsp3) is 0.0476. The summed E-state index contributed by atoms with van der Waals surface area (Å²) in [6.07, 6.45) is 1.69. The molecule has 0 fully saturated rings. The van der Waals surface area contributed by atoms with E-state index in [1.54, 1.807) is 18.3 Å². The van der Waals surface area contributed by atoms with E-state index in [0.29, 0.717) is 28.3 Å². The Kier molecular flexibility index (Phi) is 4.77. The van der Waals surface area contributed by atoms with Crippen LogP contribution in [-0.4, -0.2) is 16.1 Å². The second-order valence-corrected chi connectivity index (χ2v) is 6.53. The smallest absolute Gasteiger partial charge is 0.257 e. The predicted molar refractivity (Wildman–Crippen MR) is 109 cm³/mol. The van der Waals surface area contributed by atoms with Crippen LogP contribution in [0.15, 0.2) is 72.9 Å². The summed E-state index contributed by atoms with van der Waals surface area (Å²) in [7, 11) is 0. The SMILES string of the molecule is O=C(Nc1ccc(NCc2ccccc2)c(Cl)c1)c1cccc2cn[nH]c12. The number of fused-ring (bicyclic) bond motifs is 1. The maximum Gasteiger partial charge on any atom is 0.257 e. The minimum atomic E-state index is -0.217. The highest BCUT2D eigenvalue weighted by molar-refractivity contribution is 6.33. The van der Waals surface area contributed by atoms with Gasteiger partial charge in [0.25, 0.3) is 5.91 Å². The Labute approximate surface area is 161 Å². The molecule has 0 aliphatic carbocycles. The lowest BCUT2D eigenvalue weighted by Crippen LogP contribution is -2.12. The lowest BCUT2D eigenvalue weighted by atomic mass is 10.1. The fourth-order valence-electron chi connectivity index (χ4n) is 2.89. The van der Waals surface area contributed by atoms with Crippen LogP contribution in [0.2, 0.25) is 5.02 Å². The lowest BCUT2D eigenvalue weighted by molar-refractivity contribution is 0.102. The topological polar surface area (TPSA) is 69.8 Å². The van der Waals surface area contributed by atoms with Crippen LogP contribution in [-0.2, 0) is 6.54 Å². The summed E-state index contributed by atoms with van der Waals surface area (Å²) < 4.78 is 0. The minimum absolute atomic E-state index is 0.217. The van der Waals surface area contributed by atoms with E-state index >= 15 is 0 Å². The number of anilines is 2. The van der Waals surface area contributed by atoms with Crippen molar-refractivity contribution in [1.82, 2.24) is 10.2 Å². The van der Waals surface area contributed by atoms with Crippen LogP contribution in [0.1, 0.15) is 15.9 Å².